The molecule has 1 N–H and O–H groups in total. The second-order valence-electron chi connectivity index (χ2n) is 8.72. The summed E-state index contributed by atoms with van der Waals surface area (Å²) in [6, 6.07) is 10.3. The molecule has 154 valence electrons. The number of likely N-dealkylation sites (tertiary alicyclic amines) is 2. The van der Waals surface area contributed by atoms with Crippen LogP contribution in [0, 0.1) is 5.92 Å². The molecule has 3 aliphatic rings. The Balaban J connectivity index is 1.24. The Morgan fingerprint density at radius 1 is 1.04 bits per heavy atom. The number of methoxy groups -OCH3 is 1. The number of carbonyl (C=O) groups excluding carboxylic acids is 1. The van der Waals surface area contributed by atoms with Gasteiger partial charge in [-0.15, -0.1) is 0 Å². The summed E-state index contributed by atoms with van der Waals surface area (Å²) in [6.45, 7) is 5.69. The smallest absolute Gasteiger partial charge is 0.224 e. The molecule has 0 bridgehead atoms. The van der Waals surface area contributed by atoms with Gasteiger partial charge in [-0.2, -0.15) is 0 Å². The van der Waals surface area contributed by atoms with Crippen molar-refractivity contribution in [3.63, 3.8) is 0 Å². The summed E-state index contributed by atoms with van der Waals surface area (Å²) in [4.78, 5) is 17.8. The topological polar surface area (TPSA) is 44.8 Å². The van der Waals surface area contributed by atoms with Gasteiger partial charge in [0.2, 0.25) is 5.91 Å². The van der Waals surface area contributed by atoms with E-state index in [1.165, 1.54) is 38.8 Å². The van der Waals surface area contributed by atoms with Gasteiger partial charge in [-0.05, 0) is 69.3 Å². The van der Waals surface area contributed by atoms with Crippen molar-refractivity contribution in [2.45, 2.75) is 50.6 Å². The minimum atomic E-state index is 0.146. The van der Waals surface area contributed by atoms with Gasteiger partial charge in [-0.25, -0.2) is 0 Å². The largest absolute Gasteiger partial charge is 0.383 e. The molecule has 0 saturated carbocycles. The molecule has 0 spiro atoms. The number of nitrogens with one attached hydrogen (secondary N) is 1. The van der Waals surface area contributed by atoms with Crippen LogP contribution in [-0.2, 0) is 22.4 Å². The Labute approximate surface area is 169 Å². The van der Waals surface area contributed by atoms with Gasteiger partial charge in [0, 0.05) is 32.3 Å². The summed E-state index contributed by atoms with van der Waals surface area (Å²) in [5.41, 5.74) is 3.10. The van der Waals surface area contributed by atoms with Crippen LogP contribution in [0.1, 0.15) is 36.8 Å². The van der Waals surface area contributed by atoms with Gasteiger partial charge >= 0.3 is 0 Å². The Morgan fingerprint density at radius 3 is 2.43 bits per heavy atom. The molecule has 0 unspecified atom stereocenters. The third-order valence-electron chi connectivity index (χ3n) is 6.99. The van der Waals surface area contributed by atoms with Crippen molar-refractivity contribution in [2.24, 2.45) is 5.92 Å². The molecule has 2 aliphatic heterocycles. The third kappa shape index (κ3) is 4.58. The molecule has 1 amide bonds. The molecule has 2 heterocycles. The molecule has 2 fully saturated rings. The highest BCUT2D eigenvalue weighted by Crippen LogP contribution is 2.29. The van der Waals surface area contributed by atoms with Crippen molar-refractivity contribution >= 4 is 5.91 Å². The van der Waals surface area contributed by atoms with Gasteiger partial charge in [-0.3, -0.25) is 14.6 Å². The van der Waals surface area contributed by atoms with Crippen molar-refractivity contribution in [3.05, 3.63) is 35.4 Å². The van der Waals surface area contributed by atoms with E-state index in [1.54, 1.807) is 18.2 Å². The number of amides is 1. The van der Waals surface area contributed by atoms with E-state index in [9.17, 15) is 4.79 Å². The number of fused-ring (bicyclic) bond motifs is 1. The fourth-order valence-corrected chi connectivity index (χ4v) is 5.38. The van der Waals surface area contributed by atoms with Crippen LogP contribution in [-0.4, -0.2) is 74.2 Å². The second kappa shape index (κ2) is 9.38. The number of nitrogens with zero attached hydrogens (tertiary/aromatic N) is 2. The molecule has 2 saturated heterocycles. The third-order valence-corrected chi connectivity index (χ3v) is 6.99. The fourth-order valence-electron chi connectivity index (χ4n) is 5.38. The Bertz CT molecular complexity index is 632. The SMILES string of the molecule is COCCNC(=O)[C@H]1CCCN(C2CCN(C3Cc4ccccc4C3)CC2)C1. The summed E-state index contributed by atoms with van der Waals surface area (Å²) in [7, 11) is 1.67. The van der Waals surface area contributed by atoms with E-state index in [0.717, 1.165) is 25.9 Å². The van der Waals surface area contributed by atoms with Crippen LogP contribution in [0.25, 0.3) is 0 Å². The number of hydrogen-bond donors (Lipinski definition) is 1. The van der Waals surface area contributed by atoms with Crippen LogP contribution in [0.3, 0.4) is 0 Å². The van der Waals surface area contributed by atoms with Crippen LogP contribution in [0.4, 0.5) is 0 Å². The van der Waals surface area contributed by atoms with E-state index in [-0.39, 0.29) is 11.8 Å². The van der Waals surface area contributed by atoms with Crippen LogP contribution in [0.2, 0.25) is 0 Å². The molecule has 0 radical (unpaired) electrons. The van der Waals surface area contributed by atoms with Gasteiger partial charge in [0.15, 0.2) is 0 Å². The first kappa shape index (κ1) is 19.9. The monoisotopic (exact) mass is 385 g/mol. The van der Waals surface area contributed by atoms with Crippen molar-refractivity contribution < 1.29 is 9.53 Å². The van der Waals surface area contributed by atoms with E-state index in [1.807, 2.05) is 0 Å². The normalized spacial score (nSPS) is 25.0. The molecular weight excluding hydrogens is 350 g/mol. The lowest BCUT2D eigenvalue weighted by Gasteiger charge is -2.43. The van der Waals surface area contributed by atoms with Crippen LogP contribution < -0.4 is 5.32 Å². The first-order chi connectivity index (χ1) is 13.7. The molecule has 4 rings (SSSR count). The Hall–Kier alpha value is -1.43. The second-order valence-corrected chi connectivity index (χ2v) is 8.72. The quantitative estimate of drug-likeness (QED) is 0.762. The molecule has 1 atom stereocenters. The molecule has 0 aromatic heterocycles. The lowest BCUT2D eigenvalue weighted by Crippen LogP contribution is -2.52. The number of piperidine rings is 2. The first-order valence-corrected chi connectivity index (χ1v) is 11.1. The predicted octanol–water partition coefficient (Wildman–Crippen LogP) is 2.09. The summed E-state index contributed by atoms with van der Waals surface area (Å²) in [5.74, 6) is 0.357. The van der Waals surface area contributed by atoms with Gasteiger partial charge < -0.3 is 10.1 Å². The molecule has 5 heteroatoms. The highest BCUT2D eigenvalue weighted by Gasteiger charge is 2.34. The predicted molar refractivity (Wildman–Crippen MR) is 111 cm³/mol. The van der Waals surface area contributed by atoms with Crippen molar-refractivity contribution in [1.82, 2.24) is 15.1 Å². The maximum Gasteiger partial charge on any atom is 0.224 e. The lowest BCUT2D eigenvalue weighted by atomic mass is 9.92. The van der Waals surface area contributed by atoms with E-state index in [4.69, 9.17) is 4.74 Å². The summed E-state index contributed by atoms with van der Waals surface area (Å²) >= 11 is 0. The number of hydrogen-bond acceptors (Lipinski definition) is 4. The first-order valence-electron chi connectivity index (χ1n) is 11.1. The van der Waals surface area contributed by atoms with Crippen molar-refractivity contribution in [3.8, 4) is 0 Å². The minimum absolute atomic E-state index is 0.146. The van der Waals surface area contributed by atoms with E-state index in [2.05, 4.69) is 39.4 Å². The number of carbonyl (C=O) groups is 1. The van der Waals surface area contributed by atoms with Crippen LogP contribution in [0.5, 0.6) is 0 Å². The maximum absolute atomic E-state index is 12.4. The highest BCUT2D eigenvalue weighted by molar-refractivity contribution is 5.78. The van der Waals surface area contributed by atoms with E-state index < -0.39 is 0 Å². The highest BCUT2D eigenvalue weighted by atomic mass is 16.5. The number of rotatable bonds is 6. The van der Waals surface area contributed by atoms with Gasteiger partial charge in [0.1, 0.15) is 0 Å². The van der Waals surface area contributed by atoms with Crippen molar-refractivity contribution in [1.29, 1.82) is 0 Å². The zero-order valence-corrected chi connectivity index (χ0v) is 17.2. The summed E-state index contributed by atoms with van der Waals surface area (Å²) in [5, 5.41) is 3.03. The molecule has 1 aliphatic carbocycles. The average Bonchev–Trinajstić information content (AvgIpc) is 3.18. The summed E-state index contributed by atoms with van der Waals surface area (Å²) in [6.07, 6.45) is 7.08. The standard InChI is InChI=1S/C23H35N3O2/c1-28-14-10-24-23(27)20-7-4-11-26(17-20)21-8-12-25(13-9-21)22-15-18-5-2-3-6-19(18)16-22/h2-3,5-6,20-22H,4,7-17H2,1H3,(H,24,27)/t20-/m0/s1. The average molecular weight is 386 g/mol. The van der Waals surface area contributed by atoms with Gasteiger partial charge in [-0.1, -0.05) is 24.3 Å². The maximum atomic E-state index is 12.4. The molecule has 5 nitrogen and oxygen atoms in total. The van der Waals surface area contributed by atoms with Crippen LogP contribution >= 0.6 is 0 Å². The van der Waals surface area contributed by atoms with Gasteiger partial charge in [0.05, 0.1) is 12.5 Å². The van der Waals surface area contributed by atoms with Crippen LogP contribution in [0.15, 0.2) is 24.3 Å². The Kier molecular flexibility index (Phi) is 6.65. The van der Waals surface area contributed by atoms with E-state index >= 15 is 0 Å². The van der Waals surface area contributed by atoms with Crippen molar-refractivity contribution in [2.75, 3.05) is 46.4 Å². The molecule has 1 aromatic carbocycles. The molecule has 28 heavy (non-hydrogen) atoms. The lowest BCUT2D eigenvalue weighted by molar-refractivity contribution is -0.127. The molecular formula is C23H35N3O2. The number of ether oxygens (including phenoxy) is 1. The molecule has 1 aromatic rings. The van der Waals surface area contributed by atoms with E-state index in [0.29, 0.717) is 25.2 Å². The number of benzene rings is 1. The minimum Gasteiger partial charge on any atom is -0.383 e. The summed E-state index contributed by atoms with van der Waals surface area (Å²) < 4.78 is 5.04. The fraction of sp³-hybridized carbons (Fsp3) is 0.696. The zero-order valence-electron chi connectivity index (χ0n) is 17.2. The Morgan fingerprint density at radius 2 is 1.75 bits per heavy atom. The van der Waals surface area contributed by atoms with Gasteiger partial charge in [0.25, 0.3) is 0 Å². The zero-order chi connectivity index (χ0) is 19.3.